The predicted molar refractivity (Wildman–Crippen MR) is 50.6 cm³/mol. The Kier molecular flexibility index (Phi) is 3.32. The number of nitrogens with zero attached hydrogens (tertiary/aromatic N) is 2. The van der Waals surface area contributed by atoms with Gasteiger partial charge in [-0.2, -0.15) is 0 Å². The molecule has 0 radical (unpaired) electrons. The Morgan fingerprint density at radius 1 is 1.77 bits per heavy atom. The van der Waals surface area contributed by atoms with Crippen LogP contribution in [0, 0.1) is 6.92 Å². The van der Waals surface area contributed by atoms with Crippen LogP contribution in [-0.2, 0) is 0 Å². The van der Waals surface area contributed by atoms with Gasteiger partial charge in [0.2, 0.25) is 0 Å². The number of hydrogen-bond acceptors (Lipinski definition) is 5. The number of carbonyl (C=O) groups excluding carboxylic acids is 1. The number of nitrogens with two attached hydrogens (primary N) is 1. The second-order valence-electron chi connectivity index (χ2n) is 2.80. The molecule has 1 heterocycles. The van der Waals surface area contributed by atoms with Gasteiger partial charge in [-0.1, -0.05) is 4.49 Å². The van der Waals surface area contributed by atoms with E-state index in [1.54, 1.807) is 6.92 Å². The van der Waals surface area contributed by atoms with Crippen molar-refractivity contribution in [3.8, 4) is 0 Å². The van der Waals surface area contributed by atoms with E-state index in [0.717, 1.165) is 11.5 Å². The number of nitrogens with one attached hydrogen (secondary N) is 1. The van der Waals surface area contributed by atoms with Crippen molar-refractivity contribution in [3.05, 3.63) is 10.6 Å². The first kappa shape index (κ1) is 10.1. The Bertz CT molecular complexity index is 298. The Balaban J connectivity index is 2.64. The third-order valence-corrected chi connectivity index (χ3v) is 2.42. The van der Waals surface area contributed by atoms with Crippen molar-refractivity contribution in [3.63, 3.8) is 0 Å². The van der Waals surface area contributed by atoms with Crippen LogP contribution in [0.1, 0.15) is 22.3 Å². The maximum atomic E-state index is 11.5. The average Bonchev–Trinajstić information content (AvgIpc) is 2.51. The van der Waals surface area contributed by atoms with Crippen LogP contribution < -0.4 is 11.1 Å². The number of aryl methyl sites for hydroxylation is 1. The third kappa shape index (κ3) is 2.46. The first-order chi connectivity index (χ1) is 6.15. The molecule has 5 nitrogen and oxygen atoms in total. The minimum absolute atomic E-state index is 0.0194. The predicted octanol–water partition coefficient (Wildman–Crippen LogP) is -0.0765. The van der Waals surface area contributed by atoms with Crippen LogP contribution in [0.5, 0.6) is 0 Å². The fraction of sp³-hybridized carbons (Fsp3) is 0.571. The number of aromatic nitrogens is 2. The van der Waals surface area contributed by atoms with Gasteiger partial charge in [0.05, 0.1) is 5.69 Å². The highest BCUT2D eigenvalue weighted by molar-refractivity contribution is 7.07. The molecule has 0 fully saturated rings. The van der Waals surface area contributed by atoms with Crippen molar-refractivity contribution in [1.82, 2.24) is 14.9 Å². The summed E-state index contributed by atoms with van der Waals surface area (Å²) >= 11 is 1.10. The highest BCUT2D eigenvalue weighted by Gasteiger charge is 2.14. The van der Waals surface area contributed by atoms with Gasteiger partial charge in [-0.3, -0.25) is 4.79 Å². The van der Waals surface area contributed by atoms with Crippen LogP contribution in [0.4, 0.5) is 0 Å². The second kappa shape index (κ2) is 4.29. The summed E-state index contributed by atoms with van der Waals surface area (Å²) in [5.41, 5.74) is 6.03. The van der Waals surface area contributed by atoms with E-state index < -0.39 is 0 Å². The topological polar surface area (TPSA) is 80.9 Å². The Hall–Kier alpha value is -1.01. The quantitative estimate of drug-likeness (QED) is 0.715. The van der Waals surface area contributed by atoms with Crippen molar-refractivity contribution < 1.29 is 4.79 Å². The van der Waals surface area contributed by atoms with E-state index in [2.05, 4.69) is 14.9 Å². The summed E-state index contributed by atoms with van der Waals surface area (Å²) < 4.78 is 3.68. The molecular weight excluding hydrogens is 188 g/mol. The molecule has 0 saturated carbocycles. The molecule has 0 aliphatic heterocycles. The summed E-state index contributed by atoms with van der Waals surface area (Å²) in [6.45, 7) is 4.03. The largest absolute Gasteiger partial charge is 0.348 e. The van der Waals surface area contributed by atoms with E-state index in [-0.39, 0.29) is 11.9 Å². The van der Waals surface area contributed by atoms with E-state index >= 15 is 0 Å². The number of hydrogen-bond donors (Lipinski definition) is 2. The zero-order valence-corrected chi connectivity index (χ0v) is 8.39. The summed E-state index contributed by atoms with van der Waals surface area (Å²) in [6.07, 6.45) is 0. The average molecular weight is 200 g/mol. The number of carbonyl (C=O) groups is 1. The van der Waals surface area contributed by atoms with Crippen molar-refractivity contribution in [2.24, 2.45) is 5.73 Å². The molecule has 13 heavy (non-hydrogen) atoms. The molecule has 0 aliphatic rings. The van der Waals surface area contributed by atoms with Gasteiger partial charge in [0.15, 0.2) is 0 Å². The van der Waals surface area contributed by atoms with Crippen molar-refractivity contribution >= 4 is 17.4 Å². The normalized spacial score (nSPS) is 12.5. The Morgan fingerprint density at radius 2 is 2.46 bits per heavy atom. The Morgan fingerprint density at radius 3 is 2.92 bits per heavy atom. The van der Waals surface area contributed by atoms with Crippen LogP contribution in [-0.4, -0.2) is 28.1 Å². The lowest BCUT2D eigenvalue weighted by Crippen LogP contribution is -2.37. The number of amides is 1. The maximum Gasteiger partial charge on any atom is 0.265 e. The van der Waals surface area contributed by atoms with Gasteiger partial charge in [0.1, 0.15) is 4.88 Å². The first-order valence-corrected chi connectivity index (χ1v) is 4.72. The molecule has 1 rings (SSSR count). The van der Waals surface area contributed by atoms with E-state index in [4.69, 9.17) is 5.73 Å². The van der Waals surface area contributed by atoms with Gasteiger partial charge in [-0.05, 0) is 25.4 Å². The van der Waals surface area contributed by atoms with Gasteiger partial charge in [0.25, 0.3) is 5.91 Å². The fourth-order valence-electron chi connectivity index (χ4n) is 0.788. The van der Waals surface area contributed by atoms with E-state index in [1.165, 1.54) is 0 Å². The lowest BCUT2D eigenvalue weighted by Gasteiger charge is -2.09. The van der Waals surface area contributed by atoms with Crippen LogP contribution in [0.3, 0.4) is 0 Å². The lowest BCUT2D eigenvalue weighted by atomic mass is 10.3. The van der Waals surface area contributed by atoms with Gasteiger partial charge < -0.3 is 11.1 Å². The van der Waals surface area contributed by atoms with E-state index in [9.17, 15) is 4.79 Å². The Labute approximate surface area is 80.5 Å². The molecule has 0 spiro atoms. The molecule has 1 aromatic rings. The van der Waals surface area contributed by atoms with Gasteiger partial charge >= 0.3 is 0 Å². The van der Waals surface area contributed by atoms with E-state index in [1.807, 2.05) is 6.92 Å². The van der Waals surface area contributed by atoms with Crippen molar-refractivity contribution in [2.75, 3.05) is 6.54 Å². The van der Waals surface area contributed by atoms with Crippen molar-refractivity contribution in [1.29, 1.82) is 0 Å². The standard InChI is InChI=1S/C7H12N4OS/c1-4(3-8)9-7(12)6-5(2)10-11-13-6/h4H,3,8H2,1-2H3,(H,9,12)/t4-/m1/s1. The molecule has 0 saturated heterocycles. The molecular formula is C7H12N4OS. The van der Waals surface area contributed by atoms with Gasteiger partial charge in [-0.25, -0.2) is 0 Å². The van der Waals surface area contributed by atoms with Gasteiger partial charge in [-0.15, -0.1) is 5.10 Å². The minimum atomic E-state index is -0.148. The summed E-state index contributed by atoms with van der Waals surface area (Å²) in [5, 5.41) is 6.49. The highest BCUT2D eigenvalue weighted by Crippen LogP contribution is 2.08. The highest BCUT2D eigenvalue weighted by atomic mass is 32.1. The van der Waals surface area contributed by atoms with Crippen LogP contribution in [0.2, 0.25) is 0 Å². The molecule has 0 unspecified atom stereocenters. The molecule has 3 N–H and O–H groups in total. The minimum Gasteiger partial charge on any atom is -0.348 e. The summed E-state index contributed by atoms with van der Waals surface area (Å²) in [5.74, 6) is -0.148. The third-order valence-electron chi connectivity index (χ3n) is 1.59. The molecule has 0 bridgehead atoms. The van der Waals surface area contributed by atoms with Gasteiger partial charge in [0, 0.05) is 12.6 Å². The molecule has 1 aromatic heterocycles. The first-order valence-electron chi connectivity index (χ1n) is 3.95. The van der Waals surface area contributed by atoms with Crippen LogP contribution in [0.15, 0.2) is 0 Å². The van der Waals surface area contributed by atoms with Crippen LogP contribution in [0.25, 0.3) is 0 Å². The molecule has 0 aliphatic carbocycles. The second-order valence-corrected chi connectivity index (χ2v) is 3.55. The van der Waals surface area contributed by atoms with Crippen LogP contribution >= 0.6 is 11.5 Å². The summed E-state index contributed by atoms with van der Waals surface area (Å²) in [4.78, 5) is 12.0. The number of rotatable bonds is 3. The molecule has 6 heteroatoms. The fourth-order valence-corrected chi connectivity index (χ4v) is 1.35. The zero-order valence-electron chi connectivity index (χ0n) is 7.57. The molecule has 72 valence electrons. The maximum absolute atomic E-state index is 11.5. The summed E-state index contributed by atoms with van der Waals surface area (Å²) in [6, 6.07) is -0.0194. The molecule has 1 amide bonds. The van der Waals surface area contributed by atoms with E-state index in [0.29, 0.717) is 17.1 Å². The van der Waals surface area contributed by atoms with Crippen molar-refractivity contribution in [2.45, 2.75) is 19.9 Å². The zero-order chi connectivity index (χ0) is 9.84. The molecule has 0 aromatic carbocycles. The lowest BCUT2D eigenvalue weighted by molar-refractivity contribution is 0.0944. The molecule has 1 atom stereocenters. The summed E-state index contributed by atoms with van der Waals surface area (Å²) in [7, 11) is 0. The monoisotopic (exact) mass is 200 g/mol. The SMILES string of the molecule is Cc1nnsc1C(=O)N[C@H](C)CN. The smallest absolute Gasteiger partial charge is 0.265 e.